The van der Waals surface area contributed by atoms with Crippen LogP contribution in [-0.4, -0.2) is 38.4 Å². The van der Waals surface area contributed by atoms with Crippen molar-refractivity contribution in [2.75, 3.05) is 17.9 Å². The third-order valence-electron chi connectivity index (χ3n) is 4.86. The first-order valence-electron chi connectivity index (χ1n) is 8.48. The second-order valence-corrected chi connectivity index (χ2v) is 7.81. The molecule has 0 saturated heterocycles. The van der Waals surface area contributed by atoms with E-state index in [1.165, 1.54) is 11.8 Å². The number of methoxy groups -OCH3 is 1. The van der Waals surface area contributed by atoms with Crippen molar-refractivity contribution in [1.82, 2.24) is 20.4 Å². The Labute approximate surface area is 160 Å². The van der Waals surface area contributed by atoms with Gasteiger partial charge in [-0.3, -0.25) is 14.8 Å². The maximum Gasteiger partial charge on any atom is 0.317 e. The number of carboxylic acid groups (broad SMARTS) is 1. The van der Waals surface area contributed by atoms with Crippen LogP contribution >= 0.6 is 11.8 Å². The van der Waals surface area contributed by atoms with Gasteiger partial charge in [0.2, 0.25) is 5.95 Å². The minimum Gasteiger partial charge on any atom is -0.496 e. The van der Waals surface area contributed by atoms with Crippen molar-refractivity contribution in [3.63, 3.8) is 0 Å². The minimum atomic E-state index is -0.856. The number of pyridine rings is 1. The van der Waals surface area contributed by atoms with Crippen molar-refractivity contribution >= 4 is 29.5 Å². The molecule has 27 heavy (non-hydrogen) atoms. The number of nitrogens with two attached hydrogens (primary N) is 1. The molecule has 4 rings (SSSR count). The zero-order valence-electron chi connectivity index (χ0n) is 15.2. The molecule has 142 valence electrons. The van der Waals surface area contributed by atoms with Crippen LogP contribution in [0.25, 0.3) is 0 Å². The van der Waals surface area contributed by atoms with Crippen LogP contribution in [0.1, 0.15) is 34.8 Å². The number of carboxylic acids is 1. The average Bonchev–Trinajstić information content (AvgIpc) is 2.96. The van der Waals surface area contributed by atoms with Gasteiger partial charge in [-0.2, -0.15) is 4.98 Å². The first-order valence-corrected chi connectivity index (χ1v) is 9.36. The molecule has 2 atom stereocenters. The van der Waals surface area contributed by atoms with Crippen LogP contribution in [0.15, 0.2) is 11.2 Å². The summed E-state index contributed by atoms with van der Waals surface area (Å²) in [6, 6.07) is -0.161. The Kier molecular flexibility index (Phi) is 4.31. The van der Waals surface area contributed by atoms with Crippen LogP contribution in [0.5, 0.6) is 5.75 Å². The number of hydrazine groups is 1. The Bertz CT molecular complexity index is 937. The van der Waals surface area contributed by atoms with E-state index in [4.69, 9.17) is 10.5 Å². The summed E-state index contributed by atoms with van der Waals surface area (Å²) in [6.45, 7) is 4.37. The molecule has 0 spiro atoms. The Balaban J connectivity index is 1.70. The van der Waals surface area contributed by atoms with E-state index < -0.39 is 11.2 Å². The molecule has 0 radical (unpaired) electrons. The molecule has 0 aliphatic carbocycles. The number of hydrogen-bond donors (Lipinski definition) is 3. The molecule has 2 unspecified atom stereocenters. The number of ether oxygens (including phenoxy) is 1. The van der Waals surface area contributed by atoms with E-state index in [0.29, 0.717) is 23.8 Å². The molecule has 4 heterocycles. The van der Waals surface area contributed by atoms with Gasteiger partial charge in [0.25, 0.3) is 0 Å². The number of thioether (sulfide) groups is 1. The molecule has 4 N–H and O–H groups in total. The number of aryl methyl sites for hydroxylation is 1. The number of nitrogens with one attached hydrogen (secondary N) is 1. The van der Waals surface area contributed by atoms with Gasteiger partial charge in [0.1, 0.15) is 16.0 Å². The van der Waals surface area contributed by atoms with Gasteiger partial charge < -0.3 is 15.6 Å². The van der Waals surface area contributed by atoms with E-state index in [1.54, 1.807) is 13.3 Å². The van der Waals surface area contributed by atoms with Gasteiger partial charge in [-0.1, -0.05) is 11.8 Å². The second-order valence-electron chi connectivity index (χ2n) is 6.62. The highest BCUT2D eigenvalue weighted by Gasteiger charge is 2.41. The van der Waals surface area contributed by atoms with Crippen LogP contribution in [0, 0.1) is 13.8 Å². The molecular formula is C17H20N6O3S. The SMILES string of the molecule is COc1c(C)cnc(CN2NC3CC(C(=O)O)Sc4nc(N)nc2c43)c1C. The normalized spacial score (nSPS) is 20.5. The van der Waals surface area contributed by atoms with Crippen LogP contribution in [0.4, 0.5) is 11.8 Å². The lowest BCUT2D eigenvalue weighted by Crippen LogP contribution is -2.37. The molecule has 2 aromatic rings. The monoisotopic (exact) mass is 388 g/mol. The molecule has 0 aromatic carbocycles. The summed E-state index contributed by atoms with van der Waals surface area (Å²) >= 11 is 1.22. The lowest BCUT2D eigenvalue weighted by atomic mass is 10.1. The first-order chi connectivity index (χ1) is 12.9. The van der Waals surface area contributed by atoms with Gasteiger partial charge in [0.05, 0.1) is 25.4 Å². The molecular weight excluding hydrogens is 368 g/mol. The predicted octanol–water partition coefficient (Wildman–Crippen LogP) is 1.59. The van der Waals surface area contributed by atoms with Crippen molar-refractivity contribution in [2.24, 2.45) is 0 Å². The van der Waals surface area contributed by atoms with Gasteiger partial charge in [0.15, 0.2) is 5.82 Å². The van der Waals surface area contributed by atoms with Crippen LogP contribution < -0.4 is 20.9 Å². The second kappa shape index (κ2) is 6.54. The van der Waals surface area contributed by atoms with Crippen molar-refractivity contribution < 1.29 is 14.6 Å². The van der Waals surface area contributed by atoms with Gasteiger partial charge in [0, 0.05) is 22.9 Å². The fraction of sp³-hybridized carbons (Fsp3) is 0.412. The standard InChI is InChI=1S/C17H20N6O3S/c1-7-5-19-10(8(2)13(7)26-3)6-23-14-12-9(22-23)4-11(16(24)25)27-15(12)21-17(18)20-14/h5,9,11,22H,4,6H2,1-3H3,(H,24,25)(H2,18,20,21). The number of aliphatic carboxylic acids is 1. The number of nitrogen functional groups attached to an aromatic ring is 1. The number of anilines is 2. The highest BCUT2D eigenvalue weighted by atomic mass is 32.2. The number of aromatic nitrogens is 3. The predicted molar refractivity (Wildman–Crippen MR) is 101 cm³/mol. The molecule has 2 aliphatic heterocycles. The Morgan fingerprint density at radius 2 is 2.26 bits per heavy atom. The smallest absolute Gasteiger partial charge is 0.317 e. The van der Waals surface area contributed by atoms with Gasteiger partial charge in [-0.15, -0.1) is 0 Å². The zero-order valence-corrected chi connectivity index (χ0v) is 16.0. The Hall–Kier alpha value is -2.59. The molecule has 0 amide bonds. The van der Waals surface area contributed by atoms with Crippen molar-refractivity contribution in [3.05, 3.63) is 28.6 Å². The molecule has 0 saturated carbocycles. The van der Waals surface area contributed by atoms with Crippen molar-refractivity contribution in [2.45, 2.75) is 43.1 Å². The fourth-order valence-electron chi connectivity index (χ4n) is 3.59. The van der Waals surface area contributed by atoms with Crippen molar-refractivity contribution in [1.29, 1.82) is 0 Å². The number of rotatable bonds is 4. The van der Waals surface area contributed by atoms with Crippen LogP contribution in [0.3, 0.4) is 0 Å². The summed E-state index contributed by atoms with van der Waals surface area (Å²) in [4.78, 5) is 24.7. The lowest BCUT2D eigenvalue weighted by molar-refractivity contribution is -0.136. The molecule has 0 fully saturated rings. The van der Waals surface area contributed by atoms with E-state index >= 15 is 0 Å². The van der Waals surface area contributed by atoms with E-state index in [2.05, 4.69) is 20.4 Å². The molecule has 2 aromatic heterocycles. The highest BCUT2D eigenvalue weighted by Crippen LogP contribution is 2.47. The summed E-state index contributed by atoms with van der Waals surface area (Å²) in [5.41, 5.74) is 12.9. The third kappa shape index (κ3) is 2.94. The maximum atomic E-state index is 11.5. The largest absolute Gasteiger partial charge is 0.496 e. The number of nitrogens with zero attached hydrogens (tertiary/aromatic N) is 4. The van der Waals surface area contributed by atoms with Crippen molar-refractivity contribution in [3.8, 4) is 5.75 Å². The zero-order chi connectivity index (χ0) is 19.3. The Morgan fingerprint density at radius 1 is 1.48 bits per heavy atom. The maximum absolute atomic E-state index is 11.5. The fourth-order valence-corrected chi connectivity index (χ4v) is 4.75. The number of hydrogen-bond acceptors (Lipinski definition) is 9. The molecule has 0 bridgehead atoms. The van der Waals surface area contributed by atoms with E-state index in [9.17, 15) is 9.90 Å². The van der Waals surface area contributed by atoms with E-state index in [0.717, 1.165) is 28.1 Å². The molecule has 10 heteroatoms. The summed E-state index contributed by atoms with van der Waals surface area (Å²) in [5.74, 6) is 0.760. The van der Waals surface area contributed by atoms with Gasteiger partial charge in [-0.05, 0) is 20.3 Å². The summed E-state index contributed by atoms with van der Waals surface area (Å²) in [5, 5.41) is 11.3. The summed E-state index contributed by atoms with van der Waals surface area (Å²) in [6.07, 6.45) is 2.23. The highest BCUT2D eigenvalue weighted by molar-refractivity contribution is 8.00. The van der Waals surface area contributed by atoms with E-state index in [1.807, 2.05) is 18.9 Å². The van der Waals surface area contributed by atoms with Gasteiger partial charge in [-0.25, -0.2) is 10.4 Å². The topological polar surface area (TPSA) is 126 Å². The Morgan fingerprint density at radius 3 is 2.96 bits per heavy atom. The summed E-state index contributed by atoms with van der Waals surface area (Å²) in [7, 11) is 1.64. The average molecular weight is 388 g/mol. The first kappa shape index (κ1) is 17.8. The van der Waals surface area contributed by atoms with Gasteiger partial charge >= 0.3 is 5.97 Å². The van der Waals surface area contributed by atoms with Crippen LogP contribution in [-0.2, 0) is 11.3 Å². The number of carbonyl (C=O) groups is 1. The van der Waals surface area contributed by atoms with E-state index in [-0.39, 0.29) is 12.0 Å². The molecule has 9 nitrogen and oxygen atoms in total. The minimum absolute atomic E-state index is 0.126. The quantitative estimate of drug-likeness (QED) is 0.665. The molecule has 2 aliphatic rings. The third-order valence-corrected chi connectivity index (χ3v) is 6.07. The lowest BCUT2D eigenvalue weighted by Gasteiger charge is -2.24. The van der Waals surface area contributed by atoms with Crippen LogP contribution in [0.2, 0.25) is 0 Å². The summed E-state index contributed by atoms with van der Waals surface area (Å²) < 4.78 is 5.49.